The summed E-state index contributed by atoms with van der Waals surface area (Å²) >= 11 is 0. The normalized spacial score (nSPS) is 11.8. The molecule has 0 saturated carbocycles. The van der Waals surface area contributed by atoms with Gasteiger partial charge in [0.25, 0.3) is 0 Å². The Bertz CT molecular complexity index is 720. The van der Waals surface area contributed by atoms with Crippen LogP contribution in [-0.4, -0.2) is 24.8 Å². The summed E-state index contributed by atoms with van der Waals surface area (Å²) in [6.45, 7) is 0.173. The summed E-state index contributed by atoms with van der Waals surface area (Å²) in [6, 6.07) is 7.08. The second kappa shape index (κ2) is 6.30. The predicted octanol–water partition coefficient (Wildman–Crippen LogP) is 1.50. The monoisotopic (exact) mass is 309 g/mol. The lowest BCUT2D eigenvalue weighted by Gasteiger charge is -2.19. The number of sulfonamides is 1. The zero-order valence-electron chi connectivity index (χ0n) is 11.5. The molecule has 0 bridgehead atoms. The van der Waals surface area contributed by atoms with Gasteiger partial charge in [-0.3, -0.25) is 4.98 Å². The van der Waals surface area contributed by atoms with Crippen LogP contribution >= 0.6 is 0 Å². The topological polar surface area (TPSA) is 76.3 Å². The molecular formula is C14H16FN3O2S. The molecule has 0 spiro atoms. The first-order valence-corrected chi connectivity index (χ1v) is 7.73. The molecule has 5 nitrogen and oxygen atoms in total. The van der Waals surface area contributed by atoms with Crippen LogP contribution in [0.5, 0.6) is 0 Å². The number of nitrogens with two attached hydrogens (primary N) is 1. The SMILES string of the molecule is CN(Cc1cccnc1)S(=O)(=O)c1cc(F)ccc1CN. The average Bonchev–Trinajstić information content (AvgIpc) is 2.48. The van der Waals surface area contributed by atoms with Crippen molar-refractivity contribution < 1.29 is 12.8 Å². The van der Waals surface area contributed by atoms with Gasteiger partial charge in [-0.05, 0) is 29.3 Å². The van der Waals surface area contributed by atoms with E-state index in [0.717, 1.165) is 15.9 Å². The first-order chi connectivity index (χ1) is 9.95. The van der Waals surface area contributed by atoms with Crippen LogP contribution in [0.15, 0.2) is 47.6 Å². The molecule has 0 atom stereocenters. The van der Waals surface area contributed by atoms with Gasteiger partial charge in [0.05, 0.1) is 4.90 Å². The Morgan fingerprint density at radius 3 is 2.71 bits per heavy atom. The largest absolute Gasteiger partial charge is 0.326 e. The second-order valence-corrected chi connectivity index (χ2v) is 6.59. The molecule has 0 fully saturated rings. The Morgan fingerprint density at radius 1 is 1.33 bits per heavy atom. The lowest BCUT2D eigenvalue weighted by molar-refractivity contribution is 0.464. The molecule has 2 rings (SSSR count). The Kier molecular flexibility index (Phi) is 4.66. The van der Waals surface area contributed by atoms with Gasteiger partial charge in [0.15, 0.2) is 0 Å². The Hall–Kier alpha value is -1.83. The summed E-state index contributed by atoms with van der Waals surface area (Å²) in [4.78, 5) is 3.84. The molecule has 2 aromatic rings. The van der Waals surface area contributed by atoms with Crippen molar-refractivity contribution in [3.05, 3.63) is 59.7 Å². The fraction of sp³-hybridized carbons (Fsp3) is 0.214. The molecule has 0 saturated heterocycles. The number of halogens is 1. The predicted molar refractivity (Wildman–Crippen MR) is 77.2 cm³/mol. The summed E-state index contributed by atoms with van der Waals surface area (Å²) in [5.41, 5.74) is 6.66. The van der Waals surface area contributed by atoms with Crippen molar-refractivity contribution in [2.24, 2.45) is 5.73 Å². The van der Waals surface area contributed by atoms with Crippen LogP contribution in [0.1, 0.15) is 11.1 Å². The van der Waals surface area contributed by atoms with Crippen LogP contribution in [0.25, 0.3) is 0 Å². The van der Waals surface area contributed by atoms with E-state index in [9.17, 15) is 12.8 Å². The van der Waals surface area contributed by atoms with Gasteiger partial charge in [-0.25, -0.2) is 12.8 Å². The van der Waals surface area contributed by atoms with Gasteiger partial charge >= 0.3 is 0 Å². The summed E-state index contributed by atoms with van der Waals surface area (Å²) in [5.74, 6) is -0.611. The first kappa shape index (κ1) is 15.6. The van der Waals surface area contributed by atoms with Crippen molar-refractivity contribution >= 4 is 10.0 Å². The third-order valence-corrected chi connectivity index (χ3v) is 4.95. The molecular weight excluding hydrogens is 293 g/mol. The highest BCUT2D eigenvalue weighted by Crippen LogP contribution is 2.21. The number of benzene rings is 1. The maximum Gasteiger partial charge on any atom is 0.243 e. The van der Waals surface area contributed by atoms with E-state index in [4.69, 9.17) is 5.73 Å². The number of hydrogen-bond acceptors (Lipinski definition) is 4. The van der Waals surface area contributed by atoms with E-state index in [0.29, 0.717) is 5.56 Å². The van der Waals surface area contributed by atoms with Crippen LogP contribution in [0.3, 0.4) is 0 Å². The fourth-order valence-corrected chi connectivity index (χ4v) is 3.34. The van der Waals surface area contributed by atoms with Gasteiger partial charge in [0, 0.05) is 32.5 Å². The third kappa shape index (κ3) is 3.44. The first-order valence-electron chi connectivity index (χ1n) is 6.29. The summed E-state index contributed by atoms with van der Waals surface area (Å²) in [5, 5.41) is 0. The van der Waals surface area contributed by atoms with Crippen LogP contribution in [0.2, 0.25) is 0 Å². The van der Waals surface area contributed by atoms with Crippen molar-refractivity contribution in [1.29, 1.82) is 0 Å². The molecule has 0 radical (unpaired) electrons. The highest BCUT2D eigenvalue weighted by atomic mass is 32.2. The summed E-state index contributed by atoms with van der Waals surface area (Å²) in [7, 11) is -2.38. The van der Waals surface area contributed by atoms with Crippen LogP contribution in [-0.2, 0) is 23.1 Å². The van der Waals surface area contributed by atoms with E-state index in [1.807, 2.05) is 0 Å². The highest BCUT2D eigenvalue weighted by molar-refractivity contribution is 7.89. The molecule has 0 aliphatic rings. The number of nitrogens with zero attached hydrogens (tertiary/aromatic N) is 2. The van der Waals surface area contributed by atoms with Gasteiger partial charge in [-0.2, -0.15) is 4.31 Å². The molecule has 1 aromatic heterocycles. The van der Waals surface area contributed by atoms with Crippen LogP contribution in [0, 0.1) is 5.82 Å². The van der Waals surface area contributed by atoms with Gasteiger partial charge in [-0.1, -0.05) is 12.1 Å². The Balaban J connectivity index is 2.35. The number of rotatable bonds is 5. The van der Waals surface area contributed by atoms with E-state index < -0.39 is 15.8 Å². The minimum Gasteiger partial charge on any atom is -0.326 e. The number of aromatic nitrogens is 1. The van der Waals surface area contributed by atoms with Crippen molar-refractivity contribution in [3.63, 3.8) is 0 Å². The van der Waals surface area contributed by atoms with Gasteiger partial charge < -0.3 is 5.73 Å². The molecule has 21 heavy (non-hydrogen) atoms. The molecule has 0 aliphatic heterocycles. The molecule has 112 valence electrons. The van der Waals surface area contributed by atoms with E-state index in [1.54, 1.807) is 24.5 Å². The molecule has 0 amide bonds. The van der Waals surface area contributed by atoms with E-state index >= 15 is 0 Å². The Morgan fingerprint density at radius 2 is 2.10 bits per heavy atom. The molecule has 0 unspecified atom stereocenters. The van der Waals surface area contributed by atoms with E-state index in [-0.39, 0.29) is 18.0 Å². The maximum atomic E-state index is 13.4. The second-order valence-electron chi connectivity index (χ2n) is 4.58. The van der Waals surface area contributed by atoms with Crippen LogP contribution in [0.4, 0.5) is 4.39 Å². The fourth-order valence-electron chi connectivity index (χ4n) is 1.94. The standard InChI is InChI=1S/C14H16FN3O2S/c1-18(10-11-3-2-6-17-9-11)21(19,20)14-7-13(15)5-4-12(14)8-16/h2-7,9H,8,10,16H2,1H3. The highest BCUT2D eigenvalue weighted by Gasteiger charge is 2.24. The summed E-state index contributed by atoms with van der Waals surface area (Å²) in [6.07, 6.45) is 3.19. The average molecular weight is 309 g/mol. The maximum absolute atomic E-state index is 13.4. The molecule has 1 aromatic carbocycles. The van der Waals surface area contributed by atoms with Gasteiger partial charge in [-0.15, -0.1) is 0 Å². The molecule has 2 N–H and O–H groups in total. The number of pyridine rings is 1. The van der Waals surface area contributed by atoms with E-state index in [2.05, 4.69) is 4.98 Å². The zero-order chi connectivity index (χ0) is 15.5. The molecule has 0 aliphatic carbocycles. The van der Waals surface area contributed by atoms with Crippen molar-refractivity contribution in [2.45, 2.75) is 18.0 Å². The molecule has 1 heterocycles. The van der Waals surface area contributed by atoms with E-state index in [1.165, 1.54) is 19.2 Å². The van der Waals surface area contributed by atoms with Crippen molar-refractivity contribution in [2.75, 3.05) is 7.05 Å². The number of hydrogen-bond donors (Lipinski definition) is 1. The quantitative estimate of drug-likeness (QED) is 0.908. The third-order valence-electron chi connectivity index (χ3n) is 3.07. The van der Waals surface area contributed by atoms with Gasteiger partial charge in [0.1, 0.15) is 5.82 Å². The smallest absolute Gasteiger partial charge is 0.243 e. The summed E-state index contributed by atoms with van der Waals surface area (Å²) < 4.78 is 39.6. The molecule has 7 heteroatoms. The lowest BCUT2D eigenvalue weighted by Crippen LogP contribution is -2.28. The van der Waals surface area contributed by atoms with Gasteiger partial charge in [0.2, 0.25) is 10.0 Å². The minimum absolute atomic E-state index is 0.0234. The lowest BCUT2D eigenvalue weighted by atomic mass is 10.2. The van der Waals surface area contributed by atoms with Crippen molar-refractivity contribution in [1.82, 2.24) is 9.29 Å². The minimum atomic E-state index is -3.82. The van der Waals surface area contributed by atoms with Crippen LogP contribution < -0.4 is 5.73 Å². The van der Waals surface area contributed by atoms with Crippen molar-refractivity contribution in [3.8, 4) is 0 Å². The zero-order valence-corrected chi connectivity index (χ0v) is 12.3. The Labute approximate surface area is 123 Å².